The van der Waals surface area contributed by atoms with E-state index in [4.69, 9.17) is 22.9 Å². The molecule has 1 heterocycles. The monoisotopic (exact) mass is 570 g/mol. The molecule has 0 aliphatic rings. The molecule has 4 atom stereocenters. The standard InChI is InChI=1S/C22H38N10O6S/c1-39-8-6-13(23)18(34)32-16(9-12-10-27-11-29-12)20(36)30-14(4-5-17(24)33)19(35)31-15(21(37)38)3-2-7-28-22(25)26/h10-11,13-16H,2-9,23H2,1H3,(H2,24,33)(H,27,29)(H,30,36)(H,31,35)(H,32,34)(H,37,38)(H4,25,26,28). The van der Waals surface area contributed by atoms with Gasteiger partial charge in [-0.1, -0.05) is 0 Å². The zero-order valence-corrected chi connectivity index (χ0v) is 22.5. The van der Waals surface area contributed by atoms with Crippen molar-refractivity contribution in [2.24, 2.45) is 27.9 Å². The number of primary amides is 1. The van der Waals surface area contributed by atoms with Gasteiger partial charge < -0.3 is 49.0 Å². The number of carboxylic acid groups (broad SMARTS) is 1. The summed E-state index contributed by atoms with van der Waals surface area (Å²) in [6.45, 7) is 0.151. The maximum absolute atomic E-state index is 13.2. The van der Waals surface area contributed by atoms with Crippen molar-refractivity contribution < 1.29 is 29.1 Å². The summed E-state index contributed by atoms with van der Waals surface area (Å²) in [5.74, 6) is -3.71. The highest BCUT2D eigenvalue weighted by Gasteiger charge is 2.30. The molecule has 0 bridgehead atoms. The molecule has 0 aromatic carbocycles. The number of aliphatic imine (C=N–C) groups is 1. The molecule has 4 unspecified atom stereocenters. The number of aliphatic carboxylic acids is 1. The van der Waals surface area contributed by atoms with E-state index in [1.54, 1.807) is 0 Å². The topological polar surface area (TPSA) is 287 Å². The number of hydrogen-bond acceptors (Lipinski definition) is 9. The smallest absolute Gasteiger partial charge is 0.326 e. The summed E-state index contributed by atoms with van der Waals surface area (Å²) in [4.78, 5) is 72.5. The molecule has 16 nitrogen and oxygen atoms in total. The lowest BCUT2D eigenvalue weighted by molar-refractivity contribution is -0.142. The molecule has 4 amide bonds. The van der Waals surface area contributed by atoms with Crippen molar-refractivity contribution in [2.75, 3.05) is 18.6 Å². The highest BCUT2D eigenvalue weighted by atomic mass is 32.2. The third-order valence-corrected chi connectivity index (χ3v) is 6.10. The van der Waals surface area contributed by atoms with Crippen LogP contribution in [0.2, 0.25) is 0 Å². The number of H-pyrrole nitrogens is 1. The van der Waals surface area contributed by atoms with Crippen molar-refractivity contribution in [2.45, 2.75) is 62.7 Å². The Labute approximate surface area is 229 Å². The van der Waals surface area contributed by atoms with Crippen LogP contribution in [-0.2, 0) is 30.4 Å². The summed E-state index contributed by atoms with van der Waals surface area (Å²) in [6.07, 6.45) is 4.91. The molecule has 218 valence electrons. The minimum absolute atomic E-state index is 0.000474. The fourth-order valence-electron chi connectivity index (χ4n) is 3.34. The zero-order chi connectivity index (χ0) is 29.4. The highest BCUT2D eigenvalue weighted by Crippen LogP contribution is 2.06. The van der Waals surface area contributed by atoms with Gasteiger partial charge in [-0.2, -0.15) is 11.8 Å². The first-order valence-electron chi connectivity index (χ1n) is 12.1. The van der Waals surface area contributed by atoms with Crippen LogP contribution in [0.5, 0.6) is 0 Å². The van der Waals surface area contributed by atoms with E-state index in [9.17, 15) is 29.1 Å². The SMILES string of the molecule is CSCCC(N)C(=O)NC(Cc1cnc[nH]1)C(=O)NC(CCC(N)=O)C(=O)NC(CCCN=C(N)N)C(=O)O. The van der Waals surface area contributed by atoms with Gasteiger partial charge in [-0.3, -0.25) is 24.2 Å². The lowest BCUT2D eigenvalue weighted by Gasteiger charge is -2.25. The molecule has 39 heavy (non-hydrogen) atoms. The van der Waals surface area contributed by atoms with Gasteiger partial charge >= 0.3 is 5.97 Å². The Kier molecular flexibility index (Phi) is 15.0. The Balaban J connectivity index is 3.03. The Bertz CT molecular complexity index is 986. The minimum atomic E-state index is -1.32. The number of carbonyl (C=O) groups excluding carboxylic acids is 4. The number of nitrogens with two attached hydrogens (primary N) is 4. The van der Waals surface area contributed by atoms with Crippen LogP contribution in [0.4, 0.5) is 0 Å². The second-order valence-corrected chi connectivity index (χ2v) is 9.63. The molecule has 1 aromatic heterocycles. The third kappa shape index (κ3) is 13.5. The van der Waals surface area contributed by atoms with E-state index in [0.717, 1.165) is 0 Å². The first kappa shape index (κ1) is 33.2. The second kappa shape index (κ2) is 17.6. The van der Waals surface area contributed by atoms with Gasteiger partial charge in [0, 0.05) is 31.3 Å². The van der Waals surface area contributed by atoms with Crippen molar-refractivity contribution in [3.8, 4) is 0 Å². The van der Waals surface area contributed by atoms with Crippen molar-refractivity contribution in [3.63, 3.8) is 0 Å². The summed E-state index contributed by atoms with van der Waals surface area (Å²) >= 11 is 1.52. The lowest BCUT2D eigenvalue weighted by Crippen LogP contribution is -2.57. The maximum Gasteiger partial charge on any atom is 0.326 e. The average Bonchev–Trinajstić information content (AvgIpc) is 3.38. The molecule has 0 saturated heterocycles. The van der Waals surface area contributed by atoms with Crippen LogP contribution in [0.3, 0.4) is 0 Å². The molecular weight excluding hydrogens is 532 g/mol. The van der Waals surface area contributed by atoms with E-state index in [-0.39, 0.29) is 44.6 Å². The van der Waals surface area contributed by atoms with E-state index in [1.165, 1.54) is 24.3 Å². The van der Waals surface area contributed by atoms with E-state index >= 15 is 0 Å². The van der Waals surface area contributed by atoms with E-state index in [2.05, 4.69) is 30.9 Å². The Morgan fingerprint density at radius 1 is 1.00 bits per heavy atom. The Morgan fingerprint density at radius 2 is 1.64 bits per heavy atom. The largest absolute Gasteiger partial charge is 0.480 e. The van der Waals surface area contributed by atoms with Gasteiger partial charge in [0.05, 0.1) is 12.4 Å². The number of nitrogens with one attached hydrogen (secondary N) is 4. The molecule has 13 N–H and O–H groups in total. The summed E-state index contributed by atoms with van der Waals surface area (Å²) in [5, 5.41) is 17.0. The minimum Gasteiger partial charge on any atom is -0.480 e. The van der Waals surface area contributed by atoms with Crippen LogP contribution in [-0.4, -0.2) is 93.4 Å². The van der Waals surface area contributed by atoms with Crippen molar-refractivity contribution in [1.82, 2.24) is 25.9 Å². The van der Waals surface area contributed by atoms with E-state index < -0.39 is 53.8 Å². The predicted molar refractivity (Wildman–Crippen MR) is 145 cm³/mol. The van der Waals surface area contributed by atoms with Crippen LogP contribution in [0, 0.1) is 0 Å². The number of nitrogens with zero attached hydrogens (tertiary/aromatic N) is 2. The molecule has 1 rings (SSSR count). The van der Waals surface area contributed by atoms with Gasteiger partial charge in [-0.05, 0) is 37.7 Å². The number of amides is 4. The maximum atomic E-state index is 13.2. The number of aromatic nitrogens is 2. The van der Waals surface area contributed by atoms with Gasteiger partial charge in [0.2, 0.25) is 23.6 Å². The van der Waals surface area contributed by atoms with Crippen LogP contribution in [0.1, 0.15) is 37.8 Å². The summed E-state index contributed by atoms with van der Waals surface area (Å²) in [6, 6.07) is -4.65. The Morgan fingerprint density at radius 3 is 2.21 bits per heavy atom. The molecular formula is C22H38N10O6S. The first-order chi connectivity index (χ1) is 18.4. The van der Waals surface area contributed by atoms with Crippen LogP contribution in [0.15, 0.2) is 17.5 Å². The molecule has 0 fully saturated rings. The first-order valence-corrected chi connectivity index (χ1v) is 13.5. The summed E-state index contributed by atoms with van der Waals surface area (Å²) in [7, 11) is 0. The predicted octanol–water partition coefficient (Wildman–Crippen LogP) is -3.11. The van der Waals surface area contributed by atoms with Gasteiger partial charge in [-0.15, -0.1) is 0 Å². The second-order valence-electron chi connectivity index (χ2n) is 8.64. The molecule has 0 radical (unpaired) electrons. The highest BCUT2D eigenvalue weighted by molar-refractivity contribution is 7.98. The van der Waals surface area contributed by atoms with Gasteiger partial charge in [-0.25, -0.2) is 9.78 Å². The average molecular weight is 571 g/mol. The molecule has 0 aliphatic heterocycles. The number of thioether (sulfide) groups is 1. The number of imidazole rings is 1. The van der Waals surface area contributed by atoms with Crippen LogP contribution >= 0.6 is 11.8 Å². The summed E-state index contributed by atoms with van der Waals surface area (Å²) < 4.78 is 0. The van der Waals surface area contributed by atoms with Gasteiger partial charge in [0.25, 0.3) is 0 Å². The van der Waals surface area contributed by atoms with Crippen molar-refractivity contribution >= 4 is 47.3 Å². The number of carbonyl (C=O) groups is 5. The van der Waals surface area contributed by atoms with Gasteiger partial charge in [0.1, 0.15) is 18.1 Å². The normalized spacial score (nSPS) is 13.8. The van der Waals surface area contributed by atoms with Crippen molar-refractivity contribution in [3.05, 3.63) is 18.2 Å². The van der Waals surface area contributed by atoms with Crippen LogP contribution < -0.4 is 38.9 Å². The lowest BCUT2D eigenvalue weighted by atomic mass is 10.1. The van der Waals surface area contributed by atoms with Crippen molar-refractivity contribution in [1.29, 1.82) is 0 Å². The molecule has 17 heteroatoms. The van der Waals surface area contributed by atoms with E-state index in [0.29, 0.717) is 17.9 Å². The fourth-order valence-corrected chi connectivity index (χ4v) is 3.83. The van der Waals surface area contributed by atoms with Crippen LogP contribution in [0.25, 0.3) is 0 Å². The summed E-state index contributed by atoms with van der Waals surface area (Å²) in [5.41, 5.74) is 22.2. The molecule has 0 spiro atoms. The molecule has 0 saturated carbocycles. The van der Waals surface area contributed by atoms with Gasteiger partial charge in [0.15, 0.2) is 5.96 Å². The zero-order valence-electron chi connectivity index (χ0n) is 21.7. The number of rotatable bonds is 19. The molecule has 0 aliphatic carbocycles. The quantitative estimate of drug-likeness (QED) is 0.0455. The number of aromatic amines is 1. The third-order valence-electron chi connectivity index (χ3n) is 5.45. The fraction of sp³-hybridized carbons (Fsp3) is 0.591. The molecule has 1 aromatic rings. The van der Waals surface area contributed by atoms with E-state index in [1.807, 2.05) is 6.26 Å². The number of hydrogen-bond donors (Lipinski definition) is 9. The Hall–Kier alpha value is -3.86. The number of guanidine groups is 1. The number of carboxylic acids is 1.